The lowest BCUT2D eigenvalue weighted by molar-refractivity contribution is -0.152. The Labute approximate surface area is 248 Å². The number of nitrogens with two attached hydrogens (primary N) is 1. The average molecular weight is 598 g/mol. The number of esters is 1. The maximum absolute atomic E-state index is 12.6. The predicted octanol–water partition coefficient (Wildman–Crippen LogP) is 5.81. The molecular weight excluding hydrogens is 550 g/mol. The molecule has 238 valence electrons. The van der Waals surface area contributed by atoms with Crippen molar-refractivity contribution in [1.82, 2.24) is 0 Å². The molecule has 12 heteroatoms. The van der Waals surface area contributed by atoms with E-state index in [0.717, 1.165) is 0 Å². The van der Waals surface area contributed by atoms with E-state index >= 15 is 0 Å². The molecule has 0 heterocycles. The minimum atomic E-state index is -1.11. The highest BCUT2D eigenvalue weighted by Gasteiger charge is 2.24. The number of benzene rings is 1. The van der Waals surface area contributed by atoms with Crippen molar-refractivity contribution in [3.8, 4) is 11.5 Å². The van der Waals surface area contributed by atoms with Gasteiger partial charge in [-0.15, -0.1) is 0 Å². The van der Waals surface area contributed by atoms with Crippen LogP contribution in [0.3, 0.4) is 0 Å². The summed E-state index contributed by atoms with van der Waals surface area (Å²) in [6, 6.07) is 3.22. The summed E-state index contributed by atoms with van der Waals surface area (Å²) in [6.07, 6.45) is -3.65. The summed E-state index contributed by atoms with van der Waals surface area (Å²) >= 11 is 0. The molecule has 0 aliphatic rings. The van der Waals surface area contributed by atoms with Crippen molar-refractivity contribution in [2.45, 2.75) is 87.8 Å². The SMILES string of the molecule is C[C@@H](COC(=O)OCC(C)(C)C)OC(=O)[C@@H](N)Cc1ccc(OC(=O)OCC(C)(C)C)c(OC(=O)OCC(C)(C)C)c1. The highest BCUT2D eigenvalue weighted by atomic mass is 16.7. The molecule has 42 heavy (non-hydrogen) atoms. The number of ether oxygens (including phenoxy) is 7. The van der Waals surface area contributed by atoms with Gasteiger partial charge in [-0.3, -0.25) is 4.79 Å². The van der Waals surface area contributed by atoms with Crippen molar-refractivity contribution in [3.05, 3.63) is 23.8 Å². The molecule has 12 nitrogen and oxygen atoms in total. The van der Waals surface area contributed by atoms with Gasteiger partial charge in [0.05, 0.1) is 19.8 Å². The van der Waals surface area contributed by atoms with Crippen molar-refractivity contribution in [2.75, 3.05) is 26.4 Å². The van der Waals surface area contributed by atoms with E-state index in [2.05, 4.69) is 0 Å². The van der Waals surface area contributed by atoms with Crippen LogP contribution in [0.2, 0.25) is 0 Å². The maximum Gasteiger partial charge on any atom is 0.513 e. The van der Waals surface area contributed by atoms with E-state index in [-0.39, 0.29) is 60.6 Å². The van der Waals surface area contributed by atoms with Crippen LogP contribution in [-0.4, -0.2) is 63.0 Å². The highest BCUT2D eigenvalue weighted by molar-refractivity contribution is 5.76. The lowest BCUT2D eigenvalue weighted by atomic mass is 9.99. The fraction of sp³-hybridized carbons (Fsp3) is 0.667. The van der Waals surface area contributed by atoms with Gasteiger partial charge in [-0.2, -0.15) is 0 Å². The Kier molecular flexibility index (Phi) is 13.6. The molecule has 0 aromatic heterocycles. The maximum atomic E-state index is 12.6. The molecule has 0 amide bonds. The molecule has 2 N–H and O–H groups in total. The molecule has 0 saturated carbocycles. The molecule has 2 atom stereocenters. The van der Waals surface area contributed by atoms with E-state index in [1.165, 1.54) is 12.1 Å². The third-order valence-electron chi connectivity index (χ3n) is 4.78. The van der Waals surface area contributed by atoms with Gasteiger partial charge in [-0.05, 0) is 47.3 Å². The zero-order valence-corrected chi connectivity index (χ0v) is 26.5. The quantitative estimate of drug-likeness (QED) is 0.186. The van der Waals surface area contributed by atoms with Gasteiger partial charge in [-0.25, -0.2) is 14.4 Å². The van der Waals surface area contributed by atoms with E-state index in [1.54, 1.807) is 13.0 Å². The summed E-state index contributed by atoms with van der Waals surface area (Å²) in [4.78, 5) is 48.9. The number of hydrogen-bond donors (Lipinski definition) is 1. The Morgan fingerprint density at radius 3 is 1.62 bits per heavy atom. The Morgan fingerprint density at radius 2 is 1.14 bits per heavy atom. The molecule has 0 fully saturated rings. The van der Waals surface area contributed by atoms with E-state index in [1.807, 2.05) is 62.3 Å². The zero-order chi connectivity index (χ0) is 32.3. The number of rotatable bonds is 11. The Morgan fingerprint density at radius 1 is 0.690 bits per heavy atom. The lowest BCUT2D eigenvalue weighted by Gasteiger charge is -2.20. The first-order valence-electron chi connectivity index (χ1n) is 13.7. The Balaban J connectivity index is 2.88. The topological polar surface area (TPSA) is 159 Å². The number of hydrogen-bond acceptors (Lipinski definition) is 12. The van der Waals surface area contributed by atoms with E-state index in [9.17, 15) is 19.2 Å². The first kappa shape index (κ1) is 36.5. The fourth-order valence-corrected chi connectivity index (χ4v) is 2.79. The van der Waals surface area contributed by atoms with Crippen LogP contribution < -0.4 is 15.2 Å². The standard InChI is InChI=1S/C30H47NO11/c1-19(15-36-25(33)37-16-28(2,3)4)40-24(32)21(31)13-20-11-12-22(41-26(34)38-17-29(5,6)7)23(14-20)42-27(35)39-18-30(8,9)10/h11-12,14,19,21H,13,15-18,31H2,1-10H3/t19-,21-/m0/s1. The van der Waals surface area contributed by atoms with Gasteiger partial charge < -0.3 is 38.9 Å². The van der Waals surface area contributed by atoms with Gasteiger partial charge in [-0.1, -0.05) is 68.4 Å². The number of carbonyl (C=O) groups is 4. The Bertz CT molecular complexity index is 1060. The molecule has 0 spiro atoms. The summed E-state index contributed by atoms with van der Waals surface area (Å²) in [5.41, 5.74) is 5.71. The number of carbonyl (C=O) groups excluding carboxylic acids is 4. The van der Waals surface area contributed by atoms with Crippen molar-refractivity contribution in [2.24, 2.45) is 22.0 Å². The van der Waals surface area contributed by atoms with Crippen LogP contribution >= 0.6 is 0 Å². The van der Waals surface area contributed by atoms with E-state index < -0.39 is 36.6 Å². The van der Waals surface area contributed by atoms with Crippen molar-refractivity contribution in [3.63, 3.8) is 0 Å². The smallest absolute Gasteiger partial charge is 0.458 e. The second-order valence-electron chi connectivity index (χ2n) is 13.7. The molecule has 0 aliphatic carbocycles. The first-order valence-corrected chi connectivity index (χ1v) is 13.7. The van der Waals surface area contributed by atoms with Gasteiger partial charge in [0.25, 0.3) is 0 Å². The summed E-state index contributed by atoms with van der Waals surface area (Å²) in [6.45, 7) is 18.7. The molecule has 0 saturated heterocycles. The third-order valence-corrected chi connectivity index (χ3v) is 4.78. The molecular formula is C30H47NO11. The minimum Gasteiger partial charge on any atom is -0.458 e. The largest absolute Gasteiger partial charge is 0.513 e. The molecule has 0 unspecified atom stereocenters. The lowest BCUT2D eigenvalue weighted by Crippen LogP contribution is -2.37. The molecule has 1 aromatic carbocycles. The van der Waals surface area contributed by atoms with Crippen molar-refractivity contribution >= 4 is 24.4 Å². The second-order valence-corrected chi connectivity index (χ2v) is 13.7. The monoisotopic (exact) mass is 597 g/mol. The summed E-state index contributed by atoms with van der Waals surface area (Å²) in [5, 5.41) is 0. The molecule has 0 aliphatic heterocycles. The zero-order valence-electron chi connectivity index (χ0n) is 26.5. The summed E-state index contributed by atoms with van der Waals surface area (Å²) in [5.74, 6) is -0.965. The molecule has 1 rings (SSSR count). The van der Waals surface area contributed by atoms with Gasteiger partial charge in [0, 0.05) is 0 Å². The van der Waals surface area contributed by atoms with Crippen LogP contribution in [0, 0.1) is 16.2 Å². The highest BCUT2D eigenvalue weighted by Crippen LogP contribution is 2.30. The predicted molar refractivity (Wildman–Crippen MR) is 153 cm³/mol. The van der Waals surface area contributed by atoms with Crippen LogP contribution in [-0.2, 0) is 34.9 Å². The molecule has 0 bridgehead atoms. The average Bonchev–Trinajstić information content (AvgIpc) is 2.84. The van der Waals surface area contributed by atoms with Crippen LogP contribution in [0.25, 0.3) is 0 Å². The fourth-order valence-electron chi connectivity index (χ4n) is 2.79. The van der Waals surface area contributed by atoms with E-state index in [0.29, 0.717) is 5.56 Å². The summed E-state index contributed by atoms with van der Waals surface area (Å²) < 4.78 is 36.1. The van der Waals surface area contributed by atoms with E-state index in [4.69, 9.17) is 38.9 Å². The van der Waals surface area contributed by atoms with Crippen LogP contribution in [0.5, 0.6) is 11.5 Å². The van der Waals surface area contributed by atoms with Gasteiger partial charge >= 0.3 is 24.4 Å². The second kappa shape index (κ2) is 15.6. The third kappa shape index (κ3) is 16.7. The van der Waals surface area contributed by atoms with Gasteiger partial charge in [0.2, 0.25) is 0 Å². The summed E-state index contributed by atoms with van der Waals surface area (Å²) in [7, 11) is 0. The van der Waals surface area contributed by atoms with Crippen molar-refractivity contribution in [1.29, 1.82) is 0 Å². The Hall–Kier alpha value is -3.54. The normalized spacial score (nSPS) is 13.3. The molecule has 0 radical (unpaired) electrons. The minimum absolute atomic E-state index is 0.0117. The van der Waals surface area contributed by atoms with Crippen LogP contribution in [0.1, 0.15) is 74.8 Å². The van der Waals surface area contributed by atoms with Crippen LogP contribution in [0.15, 0.2) is 18.2 Å². The van der Waals surface area contributed by atoms with Gasteiger partial charge in [0.1, 0.15) is 18.8 Å². The van der Waals surface area contributed by atoms with Crippen LogP contribution in [0.4, 0.5) is 14.4 Å². The van der Waals surface area contributed by atoms with Gasteiger partial charge in [0.15, 0.2) is 11.5 Å². The molecule has 1 aromatic rings. The first-order chi connectivity index (χ1) is 19.1. The van der Waals surface area contributed by atoms with Crippen molar-refractivity contribution < 1.29 is 52.3 Å².